The molecule has 2 rings (SSSR count). The number of aromatic nitrogens is 2. The second kappa shape index (κ2) is 7.42. The number of esters is 1. The molecule has 1 aromatic heterocycles. The summed E-state index contributed by atoms with van der Waals surface area (Å²) in [6, 6.07) is 12.2. The molecule has 0 aliphatic rings. The molecule has 5 heteroatoms. The van der Waals surface area contributed by atoms with Gasteiger partial charge in [0, 0.05) is 24.7 Å². The molecule has 0 unspecified atom stereocenters. The average Bonchev–Trinajstić information content (AvgIpc) is 2.87. The average molecular weight is 315 g/mol. The van der Waals surface area contributed by atoms with Crippen LogP contribution in [0, 0.1) is 0 Å². The molecular weight excluding hydrogens is 290 g/mol. The van der Waals surface area contributed by atoms with Crippen LogP contribution in [0.25, 0.3) is 11.3 Å². The summed E-state index contributed by atoms with van der Waals surface area (Å²) in [6.07, 6.45) is 0.338. The van der Waals surface area contributed by atoms with Crippen molar-refractivity contribution in [1.29, 1.82) is 0 Å². The van der Waals surface area contributed by atoms with Crippen molar-refractivity contribution in [2.75, 3.05) is 6.61 Å². The van der Waals surface area contributed by atoms with E-state index in [1.807, 2.05) is 62.8 Å². The molecule has 0 aliphatic carbocycles. The monoisotopic (exact) mass is 315 g/mol. The fraction of sp³-hybridized carbons (Fsp3) is 0.444. The Labute approximate surface area is 137 Å². The molecule has 0 spiro atoms. The molecule has 0 saturated heterocycles. The first-order valence-electron chi connectivity index (χ1n) is 7.90. The van der Waals surface area contributed by atoms with Crippen molar-refractivity contribution in [2.24, 2.45) is 7.05 Å². The van der Waals surface area contributed by atoms with Gasteiger partial charge in [-0.25, -0.2) is 0 Å². The summed E-state index contributed by atoms with van der Waals surface area (Å²) in [5.41, 5.74) is 2.79. The van der Waals surface area contributed by atoms with Gasteiger partial charge >= 0.3 is 5.97 Å². The van der Waals surface area contributed by atoms with E-state index in [4.69, 9.17) is 4.74 Å². The van der Waals surface area contributed by atoms with E-state index >= 15 is 0 Å². The van der Waals surface area contributed by atoms with Crippen molar-refractivity contribution in [2.45, 2.75) is 39.3 Å². The lowest BCUT2D eigenvalue weighted by Crippen LogP contribution is -2.41. The Bertz CT molecular complexity index is 648. The molecule has 124 valence electrons. The Kier molecular flexibility index (Phi) is 5.55. The quantitative estimate of drug-likeness (QED) is 0.798. The third-order valence-corrected chi connectivity index (χ3v) is 3.69. The zero-order chi connectivity index (χ0) is 16.9. The minimum Gasteiger partial charge on any atom is -0.466 e. The summed E-state index contributed by atoms with van der Waals surface area (Å²) in [6.45, 7) is 6.87. The van der Waals surface area contributed by atoms with Crippen molar-refractivity contribution >= 4 is 5.97 Å². The Balaban J connectivity index is 2.01. The second-order valence-corrected chi connectivity index (χ2v) is 6.23. The highest BCUT2D eigenvalue weighted by Crippen LogP contribution is 2.19. The Morgan fingerprint density at radius 3 is 2.65 bits per heavy atom. The molecular formula is C18H25N3O2. The molecule has 1 heterocycles. The SMILES string of the molecule is CCOC(=O)CC(C)(C)NCc1cc(-c2ccccc2)nn1C. The van der Waals surface area contributed by atoms with Gasteiger partial charge in [0.25, 0.3) is 0 Å². The molecule has 1 N–H and O–H groups in total. The molecule has 0 fully saturated rings. The first-order chi connectivity index (χ1) is 10.9. The van der Waals surface area contributed by atoms with E-state index < -0.39 is 0 Å². The van der Waals surface area contributed by atoms with Gasteiger partial charge in [-0.3, -0.25) is 9.48 Å². The van der Waals surface area contributed by atoms with Gasteiger partial charge < -0.3 is 10.1 Å². The number of rotatable bonds is 7. The number of hydrogen-bond acceptors (Lipinski definition) is 4. The lowest BCUT2D eigenvalue weighted by atomic mass is 10.0. The summed E-state index contributed by atoms with van der Waals surface area (Å²) in [5, 5.41) is 7.97. The maximum atomic E-state index is 11.6. The summed E-state index contributed by atoms with van der Waals surface area (Å²) >= 11 is 0. The van der Waals surface area contributed by atoms with E-state index in [1.165, 1.54) is 0 Å². The van der Waals surface area contributed by atoms with Gasteiger partial charge in [-0.1, -0.05) is 30.3 Å². The third-order valence-electron chi connectivity index (χ3n) is 3.69. The zero-order valence-corrected chi connectivity index (χ0v) is 14.3. The van der Waals surface area contributed by atoms with Crippen molar-refractivity contribution in [3.63, 3.8) is 0 Å². The Hall–Kier alpha value is -2.14. The zero-order valence-electron chi connectivity index (χ0n) is 14.3. The van der Waals surface area contributed by atoms with E-state index in [9.17, 15) is 4.79 Å². The van der Waals surface area contributed by atoms with E-state index in [-0.39, 0.29) is 11.5 Å². The number of carbonyl (C=O) groups excluding carboxylic acids is 1. The summed E-state index contributed by atoms with van der Waals surface area (Å²) in [5.74, 6) is -0.181. The van der Waals surface area contributed by atoms with Gasteiger partial charge in [0.1, 0.15) is 0 Å². The van der Waals surface area contributed by atoms with Crippen LogP contribution >= 0.6 is 0 Å². The van der Waals surface area contributed by atoms with E-state index in [1.54, 1.807) is 0 Å². The van der Waals surface area contributed by atoms with Crippen molar-refractivity contribution in [3.8, 4) is 11.3 Å². The van der Waals surface area contributed by atoms with Gasteiger partial charge in [0.05, 0.1) is 24.4 Å². The van der Waals surface area contributed by atoms with E-state index in [2.05, 4.69) is 16.5 Å². The number of ether oxygens (including phenoxy) is 1. The second-order valence-electron chi connectivity index (χ2n) is 6.23. The maximum absolute atomic E-state index is 11.6. The molecule has 1 aromatic carbocycles. The lowest BCUT2D eigenvalue weighted by molar-refractivity contribution is -0.144. The highest BCUT2D eigenvalue weighted by molar-refractivity contribution is 5.70. The Morgan fingerprint density at radius 1 is 1.30 bits per heavy atom. The molecule has 23 heavy (non-hydrogen) atoms. The van der Waals surface area contributed by atoms with Gasteiger partial charge in [-0.05, 0) is 26.8 Å². The topological polar surface area (TPSA) is 56.1 Å². The van der Waals surface area contributed by atoms with Crippen LogP contribution in [0.1, 0.15) is 32.9 Å². The summed E-state index contributed by atoms with van der Waals surface area (Å²) < 4.78 is 6.89. The largest absolute Gasteiger partial charge is 0.466 e. The first-order valence-corrected chi connectivity index (χ1v) is 7.90. The van der Waals surface area contributed by atoms with Crippen molar-refractivity contribution in [1.82, 2.24) is 15.1 Å². The van der Waals surface area contributed by atoms with Gasteiger partial charge in [0.2, 0.25) is 0 Å². The molecule has 0 amide bonds. The molecule has 0 atom stereocenters. The summed E-state index contributed by atoms with van der Waals surface area (Å²) in [7, 11) is 1.93. The molecule has 0 aliphatic heterocycles. The van der Waals surface area contributed by atoms with Crippen LogP contribution in [-0.4, -0.2) is 27.9 Å². The van der Waals surface area contributed by atoms with Crippen LogP contribution in [0.15, 0.2) is 36.4 Å². The Morgan fingerprint density at radius 2 is 2.00 bits per heavy atom. The van der Waals surface area contributed by atoms with E-state index in [0.29, 0.717) is 19.6 Å². The van der Waals surface area contributed by atoms with Gasteiger partial charge in [0.15, 0.2) is 0 Å². The minimum absolute atomic E-state index is 0.181. The normalized spacial score (nSPS) is 11.5. The van der Waals surface area contributed by atoms with Crippen LogP contribution in [0.5, 0.6) is 0 Å². The number of nitrogens with one attached hydrogen (secondary N) is 1. The highest BCUT2D eigenvalue weighted by Gasteiger charge is 2.22. The minimum atomic E-state index is -0.330. The predicted octanol–water partition coefficient (Wildman–Crippen LogP) is 2.91. The number of hydrogen-bond donors (Lipinski definition) is 1. The van der Waals surface area contributed by atoms with E-state index in [0.717, 1.165) is 17.0 Å². The molecule has 5 nitrogen and oxygen atoms in total. The fourth-order valence-electron chi connectivity index (χ4n) is 2.39. The van der Waals surface area contributed by atoms with Crippen LogP contribution in [0.3, 0.4) is 0 Å². The van der Waals surface area contributed by atoms with Crippen molar-refractivity contribution in [3.05, 3.63) is 42.1 Å². The number of aryl methyl sites for hydroxylation is 1. The standard InChI is InChI=1S/C18H25N3O2/c1-5-23-17(22)12-18(2,3)19-13-15-11-16(20-21(15)4)14-9-7-6-8-10-14/h6-11,19H,5,12-13H2,1-4H3. The lowest BCUT2D eigenvalue weighted by Gasteiger charge is -2.25. The smallest absolute Gasteiger partial charge is 0.307 e. The van der Waals surface area contributed by atoms with Gasteiger partial charge in [-0.15, -0.1) is 0 Å². The van der Waals surface area contributed by atoms with Crippen LogP contribution < -0.4 is 5.32 Å². The van der Waals surface area contributed by atoms with Crippen molar-refractivity contribution < 1.29 is 9.53 Å². The molecule has 0 bridgehead atoms. The molecule has 0 saturated carbocycles. The third kappa shape index (κ3) is 4.93. The number of nitrogens with zero attached hydrogens (tertiary/aromatic N) is 2. The van der Waals surface area contributed by atoms with Crippen LogP contribution in [0.4, 0.5) is 0 Å². The highest BCUT2D eigenvalue weighted by atomic mass is 16.5. The predicted molar refractivity (Wildman–Crippen MR) is 90.8 cm³/mol. The number of carbonyl (C=O) groups is 1. The molecule has 2 aromatic rings. The van der Waals surface area contributed by atoms with Crippen LogP contribution in [0.2, 0.25) is 0 Å². The number of benzene rings is 1. The maximum Gasteiger partial charge on any atom is 0.307 e. The first kappa shape index (κ1) is 17.2. The van der Waals surface area contributed by atoms with Gasteiger partial charge in [-0.2, -0.15) is 5.10 Å². The summed E-state index contributed by atoms with van der Waals surface area (Å²) in [4.78, 5) is 11.6. The molecule has 0 radical (unpaired) electrons. The van der Waals surface area contributed by atoms with Crippen LogP contribution in [-0.2, 0) is 23.1 Å². The fourth-order valence-corrected chi connectivity index (χ4v) is 2.39.